The van der Waals surface area contributed by atoms with Gasteiger partial charge in [0.25, 0.3) is 11.8 Å². The Morgan fingerprint density at radius 3 is 2.59 bits per heavy atom. The van der Waals surface area contributed by atoms with Gasteiger partial charge in [0.05, 0.1) is 20.5 Å². The zero-order chi connectivity index (χ0) is 19.3. The van der Waals surface area contributed by atoms with Crippen LogP contribution in [-0.2, 0) is 0 Å². The molecule has 0 spiro atoms. The van der Waals surface area contributed by atoms with Gasteiger partial charge < -0.3 is 16.0 Å². The molecule has 3 N–H and O–H groups in total. The molecule has 0 saturated heterocycles. The summed E-state index contributed by atoms with van der Waals surface area (Å²) in [5, 5.41) is 9.35. The fraction of sp³-hybridized carbons (Fsp3) is 0.333. The van der Waals surface area contributed by atoms with Crippen LogP contribution < -0.4 is 16.0 Å². The molecule has 0 bridgehead atoms. The summed E-state index contributed by atoms with van der Waals surface area (Å²) in [6.45, 7) is 7.14. The SMILES string of the molecule is CCN[C@H](C)CNC(=O)c1sc(NC(=O)c2ccc(F)cc2Cl)cc1C.Cl. The van der Waals surface area contributed by atoms with Crippen LogP contribution in [0.4, 0.5) is 9.39 Å². The molecule has 1 atom stereocenters. The van der Waals surface area contributed by atoms with Gasteiger partial charge in [0.1, 0.15) is 5.82 Å². The van der Waals surface area contributed by atoms with E-state index in [0.717, 1.165) is 18.2 Å². The summed E-state index contributed by atoms with van der Waals surface area (Å²) in [4.78, 5) is 25.2. The van der Waals surface area contributed by atoms with Gasteiger partial charge in [-0.3, -0.25) is 9.59 Å². The van der Waals surface area contributed by atoms with Gasteiger partial charge in [-0.25, -0.2) is 4.39 Å². The molecular formula is C18H22Cl2FN3O2S. The molecule has 0 unspecified atom stereocenters. The predicted octanol–water partition coefficient (Wildman–Crippen LogP) is 4.25. The lowest BCUT2D eigenvalue weighted by atomic mass is 10.2. The monoisotopic (exact) mass is 433 g/mol. The van der Waals surface area contributed by atoms with Crippen molar-refractivity contribution in [2.75, 3.05) is 18.4 Å². The number of aryl methyl sites for hydroxylation is 1. The molecule has 0 aliphatic heterocycles. The average Bonchev–Trinajstić information content (AvgIpc) is 2.93. The molecular weight excluding hydrogens is 412 g/mol. The number of rotatable bonds is 7. The van der Waals surface area contributed by atoms with E-state index < -0.39 is 11.7 Å². The van der Waals surface area contributed by atoms with Crippen molar-refractivity contribution in [1.82, 2.24) is 10.6 Å². The zero-order valence-corrected chi connectivity index (χ0v) is 17.6. The average molecular weight is 434 g/mol. The van der Waals surface area contributed by atoms with Crippen LogP contribution in [-0.4, -0.2) is 30.9 Å². The Balaban J connectivity index is 0.00000364. The van der Waals surface area contributed by atoms with E-state index in [9.17, 15) is 14.0 Å². The molecule has 2 amide bonds. The molecule has 0 aliphatic carbocycles. The predicted molar refractivity (Wildman–Crippen MR) is 111 cm³/mol. The highest BCUT2D eigenvalue weighted by atomic mass is 35.5. The molecule has 1 heterocycles. The quantitative estimate of drug-likeness (QED) is 0.610. The number of hydrogen-bond donors (Lipinski definition) is 3. The summed E-state index contributed by atoms with van der Waals surface area (Å²) < 4.78 is 13.1. The Morgan fingerprint density at radius 1 is 1.26 bits per heavy atom. The number of benzene rings is 1. The summed E-state index contributed by atoms with van der Waals surface area (Å²) in [5.74, 6) is -1.15. The van der Waals surface area contributed by atoms with Crippen molar-refractivity contribution in [2.24, 2.45) is 0 Å². The number of carbonyl (C=O) groups is 2. The highest BCUT2D eigenvalue weighted by Crippen LogP contribution is 2.28. The third-order valence-electron chi connectivity index (χ3n) is 3.66. The van der Waals surface area contributed by atoms with E-state index >= 15 is 0 Å². The second kappa shape index (κ2) is 10.6. The van der Waals surface area contributed by atoms with Crippen LogP contribution in [0.5, 0.6) is 0 Å². The molecule has 0 saturated carbocycles. The van der Waals surface area contributed by atoms with Gasteiger partial charge >= 0.3 is 0 Å². The maximum atomic E-state index is 13.1. The van der Waals surface area contributed by atoms with E-state index in [2.05, 4.69) is 16.0 Å². The summed E-state index contributed by atoms with van der Waals surface area (Å²) >= 11 is 7.09. The summed E-state index contributed by atoms with van der Waals surface area (Å²) in [7, 11) is 0. The first-order chi connectivity index (χ1) is 12.3. The second-order valence-corrected chi connectivity index (χ2v) is 7.33. The maximum absolute atomic E-state index is 13.1. The van der Waals surface area contributed by atoms with Crippen LogP contribution in [0.1, 0.15) is 39.4 Å². The van der Waals surface area contributed by atoms with Crippen LogP contribution in [0, 0.1) is 12.7 Å². The largest absolute Gasteiger partial charge is 0.350 e. The number of halogens is 3. The van der Waals surface area contributed by atoms with Gasteiger partial charge in [-0.05, 0) is 50.2 Å². The van der Waals surface area contributed by atoms with Crippen molar-refractivity contribution in [2.45, 2.75) is 26.8 Å². The van der Waals surface area contributed by atoms with Crippen molar-refractivity contribution in [1.29, 1.82) is 0 Å². The molecule has 0 radical (unpaired) electrons. The minimum absolute atomic E-state index is 0. The maximum Gasteiger partial charge on any atom is 0.261 e. The Hall–Kier alpha value is -1.67. The standard InChI is InChI=1S/C18H21ClFN3O2S.ClH/c1-4-21-11(3)9-22-18(25)16-10(2)7-15(26-16)23-17(24)13-6-5-12(20)8-14(13)19;/h5-8,11,21H,4,9H2,1-3H3,(H,22,25)(H,23,24);1H/t11-;/m1./s1. The molecule has 1 aromatic carbocycles. The van der Waals surface area contributed by atoms with Gasteiger partial charge in [-0.1, -0.05) is 18.5 Å². The lowest BCUT2D eigenvalue weighted by molar-refractivity contribution is 0.0952. The first kappa shape index (κ1) is 23.4. The van der Waals surface area contributed by atoms with Crippen molar-refractivity contribution in [3.05, 3.63) is 51.1 Å². The Morgan fingerprint density at radius 2 is 1.96 bits per heavy atom. The molecule has 9 heteroatoms. The van der Waals surface area contributed by atoms with Gasteiger partial charge in [0, 0.05) is 12.6 Å². The van der Waals surface area contributed by atoms with Crippen molar-refractivity contribution >= 4 is 52.2 Å². The van der Waals surface area contributed by atoms with E-state index in [1.807, 2.05) is 13.8 Å². The van der Waals surface area contributed by atoms with Crippen molar-refractivity contribution < 1.29 is 14.0 Å². The first-order valence-corrected chi connectivity index (χ1v) is 9.39. The van der Waals surface area contributed by atoms with Gasteiger partial charge in [0.2, 0.25) is 0 Å². The molecule has 27 heavy (non-hydrogen) atoms. The fourth-order valence-corrected chi connectivity index (χ4v) is 3.61. The van der Waals surface area contributed by atoms with Crippen molar-refractivity contribution in [3.8, 4) is 0 Å². The molecule has 2 aromatic rings. The van der Waals surface area contributed by atoms with Crippen LogP contribution in [0.2, 0.25) is 5.02 Å². The Bertz CT molecular complexity index is 814. The number of thiophene rings is 1. The zero-order valence-electron chi connectivity index (χ0n) is 15.2. The third-order valence-corrected chi connectivity index (χ3v) is 5.12. The van der Waals surface area contributed by atoms with E-state index in [1.165, 1.54) is 23.5 Å². The van der Waals surface area contributed by atoms with Crippen LogP contribution in [0.25, 0.3) is 0 Å². The minimum atomic E-state index is -0.510. The van der Waals surface area contributed by atoms with Crippen LogP contribution >= 0.6 is 35.3 Å². The fourth-order valence-electron chi connectivity index (χ4n) is 2.37. The van der Waals surface area contributed by atoms with E-state index in [-0.39, 0.29) is 34.9 Å². The number of amides is 2. The van der Waals surface area contributed by atoms with E-state index in [4.69, 9.17) is 11.6 Å². The topological polar surface area (TPSA) is 70.2 Å². The first-order valence-electron chi connectivity index (χ1n) is 8.20. The summed E-state index contributed by atoms with van der Waals surface area (Å²) in [6.07, 6.45) is 0. The number of hydrogen-bond acceptors (Lipinski definition) is 4. The molecule has 0 fully saturated rings. The van der Waals surface area contributed by atoms with Crippen LogP contribution in [0.3, 0.4) is 0 Å². The normalized spacial score (nSPS) is 11.4. The molecule has 148 valence electrons. The van der Waals surface area contributed by atoms with Gasteiger partial charge in [-0.2, -0.15) is 0 Å². The summed E-state index contributed by atoms with van der Waals surface area (Å²) in [5.41, 5.74) is 0.939. The highest BCUT2D eigenvalue weighted by molar-refractivity contribution is 7.18. The van der Waals surface area contributed by atoms with Crippen molar-refractivity contribution in [3.63, 3.8) is 0 Å². The molecule has 5 nitrogen and oxygen atoms in total. The van der Waals surface area contributed by atoms with Gasteiger partial charge in [0.15, 0.2) is 0 Å². The second-order valence-electron chi connectivity index (χ2n) is 5.87. The minimum Gasteiger partial charge on any atom is -0.350 e. The lowest BCUT2D eigenvalue weighted by Gasteiger charge is -2.12. The number of likely N-dealkylation sites (N-methyl/N-ethyl adjacent to an activating group) is 1. The van der Waals surface area contributed by atoms with E-state index in [1.54, 1.807) is 13.0 Å². The third kappa shape index (κ3) is 6.46. The van der Waals surface area contributed by atoms with E-state index in [0.29, 0.717) is 16.4 Å². The highest BCUT2D eigenvalue weighted by Gasteiger charge is 2.17. The Labute approximate surface area is 173 Å². The Kier molecular flexibility index (Phi) is 9.18. The smallest absolute Gasteiger partial charge is 0.261 e. The lowest BCUT2D eigenvalue weighted by Crippen LogP contribution is -2.38. The number of anilines is 1. The number of carbonyl (C=O) groups excluding carboxylic acids is 2. The van der Waals surface area contributed by atoms with Crippen LogP contribution in [0.15, 0.2) is 24.3 Å². The molecule has 2 rings (SSSR count). The number of nitrogens with one attached hydrogen (secondary N) is 3. The summed E-state index contributed by atoms with van der Waals surface area (Å²) in [6, 6.07) is 5.47. The van der Waals surface area contributed by atoms with Gasteiger partial charge in [-0.15, -0.1) is 23.7 Å². The molecule has 1 aromatic heterocycles. The molecule has 0 aliphatic rings.